The van der Waals surface area contributed by atoms with Gasteiger partial charge in [0.1, 0.15) is 0 Å². The molecule has 4 aromatic rings. The topological polar surface area (TPSA) is 121 Å². The Morgan fingerprint density at radius 3 is 0.548 bits per heavy atom. The third-order valence-corrected chi connectivity index (χ3v) is 12.8. The largest absolute Gasteiger partial charge is 0.396 e. The maximum atomic E-state index is 9.58. The number of aliphatic hydroxyl groups excluding tert-OH is 6. The fourth-order valence-electron chi connectivity index (χ4n) is 4.63. The van der Waals surface area contributed by atoms with Gasteiger partial charge in [-0.2, -0.15) is 0 Å². The van der Waals surface area contributed by atoms with Crippen molar-refractivity contribution in [3.05, 3.63) is 36.4 Å². The zero-order valence-corrected chi connectivity index (χ0v) is 28.0. The normalized spacial score (nSPS) is 11.9. The summed E-state index contributed by atoms with van der Waals surface area (Å²) in [6, 6.07) is 13.2. The minimum absolute atomic E-state index is 0.0678. The number of hydrogen-bond acceptors (Lipinski definition) is 12. The molecule has 42 heavy (non-hydrogen) atoms. The van der Waals surface area contributed by atoms with Crippen LogP contribution in [0.15, 0.2) is 65.8 Å². The average molecular weight is 685 g/mol. The Morgan fingerprint density at radius 2 is 0.429 bits per heavy atom. The Bertz CT molecular complexity index is 1170. The molecule has 0 fully saturated rings. The molecular weight excluding hydrogens is 649 g/mol. The molecule has 0 aliphatic carbocycles. The van der Waals surface area contributed by atoms with E-state index in [4.69, 9.17) is 0 Å². The summed E-state index contributed by atoms with van der Waals surface area (Å²) in [7, 11) is 0. The van der Waals surface area contributed by atoms with Gasteiger partial charge in [-0.15, -0.1) is 70.6 Å². The zero-order valence-electron chi connectivity index (χ0n) is 23.1. The highest BCUT2D eigenvalue weighted by Gasteiger charge is 2.18. The first-order valence-electron chi connectivity index (χ1n) is 13.6. The minimum Gasteiger partial charge on any atom is -0.396 e. The zero-order chi connectivity index (χ0) is 29.9. The van der Waals surface area contributed by atoms with Crippen LogP contribution in [0.5, 0.6) is 0 Å². The summed E-state index contributed by atoms with van der Waals surface area (Å²) in [5.74, 6) is 3.40. The quantitative estimate of drug-likeness (QED) is 0.0574. The lowest BCUT2D eigenvalue weighted by Crippen LogP contribution is -1.95. The number of hydrogen-bond donors (Lipinski definition) is 6. The van der Waals surface area contributed by atoms with E-state index >= 15 is 0 Å². The van der Waals surface area contributed by atoms with Gasteiger partial charge >= 0.3 is 0 Å². The van der Waals surface area contributed by atoms with Gasteiger partial charge in [0.2, 0.25) is 0 Å². The van der Waals surface area contributed by atoms with Gasteiger partial charge in [-0.25, -0.2) is 0 Å². The molecule has 12 heteroatoms. The van der Waals surface area contributed by atoms with Crippen molar-refractivity contribution < 1.29 is 30.6 Å². The molecule has 0 aliphatic rings. The fraction of sp³-hybridized carbons (Fsp3) is 0.400. The molecule has 0 bridgehead atoms. The molecule has 0 aliphatic heterocycles. The molecule has 0 aromatic heterocycles. The van der Waals surface area contributed by atoms with E-state index in [1.807, 2.05) is 0 Å². The van der Waals surface area contributed by atoms with Crippen LogP contribution in [0.1, 0.15) is 0 Å². The number of benzene rings is 4. The van der Waals surface area contributed by atoms with Crippen molar-refractivity contribution in [1.29, 1.82) is 0 Å². The van der Waals surface area contributed by atoms with Crippen LogP contribution < -0.4 is 0 Å². The Balaban J connectivity index is 2.12. The van der Waals surface area contributed by atoms with Crippen LogP contribution in [0, 0.1) is 0 Å². The van der Waals surface area contributed by atoms with Crippen LogP contribution in [0.25, 0.3) is 32.3 Å². The van der Waals surface area contributed by atoms with Crippen LogP contribution in [-0.4, -0.2) is 105 Å². The van der Waals surface area contributed by atoms with Gasteiger partial charge in [0.25, 0.3) is 0 Å². The number of fused-ring (bicyclic) bond motifs is 6. The molecule has 0 amide bonds. The van der Waals surface area contributed by atoms with Crippen molar-refractivity contribution in [3.8, 4) is 0 Å². The van der Waals surface area contributed by atoms with Crippen molar-refractivity contribution in [2.24, 2.45) is 0 Å². The Labute approximate surface area is 271 Å². The van der Waals surface area contributed by atoms with Crippen LogP contribution in [0.4, 0.5) is 0 Å². The maximum Gasteiger partial charge on any atom is 0.0525 e. The lowest BCUT2D eigenvalue weighted by atomic mass is 9.94. The molecule has 6 nitrogen and oxygen atoms in total. The van der Waals surface area contributed by atoms with Crippen LogP contribution in [0.2, 0.25) is 0 Å². The molecule has 228 valence electrons. The monoisotopic (exact) mass is 684 g/mol. The van der Waals surface area contributed by atoms with Gasteiger partial charge < -0.3 is 30.6 Å². The molecule has 4 rings (SSSR count). The van der Waals surface area contributed by atoms with Crippen LogP contribution >= 0.6 is 70.6 Å². The summed E-state index contributed by atoms with van der Waals surface area (Å²) in [4.78, 5) is 6.36. The van der Waals surface area contributed by atoms with Crippen molar-refractivity contribution in [2.75, 3.05) is 74.2 Å². The van der Waals surface area contributed by atoms with E-state index in [1.54, 1.807) is 70.6 Å². The summed E-state index contributed by atoms with van der Waals surface area (Å²) < 4.78 is 0. The molecule has 0 saturated heterocycles. The SMILES string of the molecule is OCCSc1cc2c3cc(SCCO)c(SCCO)cc3c3cc(SCCO)c(SCCO)cc3c2cc1SCCO. The van der Waals surface area contributed by atoms with E-state index in [2.05, 4.69) is 36.4 Å². The van der Waals surface area contributed by atoms with E-state index in [9.17, 15) is 30.6 Å². The van der Waals surface area contributed by atoms with Gasteiger partial charge in [-0.05, 0) is 68.7 Å². The van der Waals surface area contributed by atoms with E-state index in [0.717, 1.165) is 61.7 Å². The summed E-state index contributed by atoms with van der Waals surface area (Å²) >= 11 is 9.62. The van der Waals surface area contributed by atoms with Gasteiger partial charge in [0.05, 0.1) is 39.6 Å². The van der Waals surface area contributed by atoms with Crippen LogP contribution in [-0.2, 0) is 0 Å². The molecule has 0 heterocycles. The third-order valence-electron chi connectivity index (χ3n) is 6.22. The number of rotatable bonds is 18. The maximum absolute atomic E-state index is 9.58. The molecule has 0 unspecified atom stereocenters. The smallest absolute Gasteiger partial charge is 0.0525 e. The van der Waals surface area contributed by atoms with Gasteiger partial charge in [0, 0.05) is 63.9 Å². The standard InChI is InChI=1S/C30H36O6S6/c31-1-7-37-25-13-19-20(14-26(25)38-8-2-32)22-16-28(40-10-4-34)30(42-12-6-36)18-24(22)23-17-29(41-11-5-35)27(15-21(19)23)39-9-3-33/h13-18,31-36H,1-12H2. The Morgan fingerprint density at radius 1 is 0.286 bits per heavy atom. The predicted octanol–water partition coefficient (Wildman–Crippen LogP) is 5.65. The Hall–Kier alpha value is -0.480. The molecular formula is C30H36O6S6. The summed E-state index contributed by atoms with van der Waals surface area (Å²) in [5, 5.41) is 64.0. The second kappa shape index (κ2) is 17.9. The Kier molecular flexibility index (Phi) is 14.6. The molecule has 0 saturated carbocycles. The average Bonchev–Trinajstić information content (AvgIpc) is 3.01. The highest BCUT2D eigenvalue weighted by molar-refractivity contribution is 8.03. The highest BCUT2D eigenvalue weighted by Crippen LogP contribution is 2.46. The van der Waals surface area contributed by atoms with Crippen molar-refractivity contribution >= 4 is 103 Å². The van der Waals surface area contributed by atoms with E-state index in [1.165, 1.54) is 0 Å². The summed E-state index contributed by atoms with van der Waals surface area (Å²) in [6.07, 6.45) is 0. The molecule has 0 radical (unpaired) electrons. The van der Waals surface area contributed by atoms with Gasteiger partial charge in [-0.3, -0.25) is 0 Å². The van der Waals surface area contributed by atoms with Crippen molar-refractivity contribution in [3.63, 3.8) is 0 Å². The third kappa shape index (κ3) is 8.41. The molecule has 4 aromatic carbocycles. The predicted molar refractivity (Wildman–Crippen MR) is 186 cm³/mol. The van der Waals surface area contributed by atoms with Crippen molar-refractivity contribution in [1.82, 2.24) is 0 Å². The second-order valence-electron chi connectivity index (χ2n) is 8.97. The first-order chi connectivity index (χ1) is 20.6. The van der Waals surface area contributed by atoms with E-state index in [0.29, 0.717) is 34.5 Å². The van der Waals surface area contributed by atoms with E-state index < -0.39 is 0 Å². The number of aliphatic hydroxyl groups is 6. The second-order valence-corrected chi connectivity index (χ2v) is 15.8. The molecule has 6 N–H and O–H groups in total. The van der Waals surface area contributed by atoms with Crippen molar-refractivity contribution in [2.45, 2.75) is 29.4 Å². The molecule has 0 spiro atoms. The lowest BCUT2D eigenvalue weighted by Gasteiger charge is -2.19. The first-order valence-corrected chi connectivity index (χ1v) is 19.5. The fourth-order valence-corrected chi connectivity index (χ4v) is 9.97. The summed E-state index contributed by atoms with van der Waals surface area (Å²) in [5.41, 5.74) is 0. The van der Waals surface area contributed by atoms with E-state index in [-0.39, 0.29) is 39.6 Å². The first kappa shape index (κ1) is 34.4. The minimum atomic E-state index is 0.0678. The lowest BCUT2D eigenvalue weighted by molar-refractivity contribution is 0.322. The van der Waals surface area contributed by atoms with Gasteiger partial charge in [-0.1, -0.05) is 0 Å². The summed E-state index contributed by atoms with van der Waals surface area (Å²) in [6.45, 7) is 0.407. The number of thioether (sulfide) groups is 6. The highest BCUT2D eigenvalue weighted by atomic mass is 32.2. The van der Waals surface area contributed by atoms with Crippen LogP contribution in [0.3, 0.4) is 0 Å². The van der Waals surface area contributed by atoms with Gasteiger partial charge in [0.15, 0.2) is 0 Å². The molecule has 0 atom stereocenters.